The summed E-state index contributed by atoms with van der Waals surface area (Å²) in [6.45, 7) is 1.41. The van der Waals surface area contributed by atoms with Crippen LogP contribution in [0.15, 0.2) is 78.9 Å². The maximum atomic E-state index is 13.2. The van der Waals surface area contributed by atoms with Crippen LogP contribution in [0.1, 0.15) is 33.2 Å². The van der Waals surface area contributed by atoms with E-state index in [-0.39, 0.29) is 28.3 Å². The Balaban J connectivity index is 1.78. The average Bonchev–Trinajstić information content (AvgIpc) is 3.29. The number of halogens is 3. The van der Waals surface area contributed by atoms with E-state index in [1.165, 1.54) is 43.3 Å². The first-order valence-electron chi connectivity index (χ1n) is 10.6. The quantitative estimate of drug-likeness (QED) is 0.176. The van der Waals surface area contributed by atoms with E-state index in [1.807, 2.05) is 0 Å². The van der Waals surface area contributed by atoms with E-state index in [0.717, 1.165) is 12.1 Å². The van der Waals surface area contributed by atoms with Crippen LogP contribution in [0.5, 0.6) is 0 Å². The van der Waals surface area contributed by atoms with E-state index in [2.05, 4.69) is 10.3 Å². The number of anilines is 1. The Kier molecular flexibility index (Phi) is 6.43. The van der Waals surface area contributed by atoms with Gasteiger partial charge >= 0.3 is 6.18 Å². The summed E-state index contributed by atoms with van der Waals surface area (Å²) in [4.78, 5) is 38.7. The molecule has 0 aliphatic carbocycles. The van der Waals surface area contributed by atoms with Gasteiger partial charge in [-0.15, -0.1) is 0 Å². The van der Waals surface area contributed by atoms with Gasteiger partial charge in [-0.05, 0) is 61.0 Å². The summed E-state index contributed by atoms with van der Waals surface area (Å²) >= 11 is 0. The number of alkyl halides is 3. The molecule has 0 fully saturated rings. The minimum absolute atomic E-state index is 0.0508. The first-order chi connectivity index (χ1) is 17.0. The Bertz CT molecular complexity index is 1460. The van der Waals surface area contributed by atoms with E-state index < -0.39 is 22.6 Å². The number of nitro groups is 1. The van der Waals surface area contributed by atoms with E-state index in [9.17, 15) is 32.9 Å². The highest BCUT2D eigenvalue weighted by molar-refractivity contribution is 6.10. The van der Waals surface area contributed by atoms with Crippen molar-refractivity contribution in [2.24, 2.45) is 0 Å². The fourth-order valence-electron chi connectivity index (χ4n) is 3.67. The van der Waals surface area contributed by atoms with Crippen molar-refractivity contribution in [3.05, 3.63) is 106 Å². The van der Waals surface area contributed by atoms with E-state index in [0.29, 0.717) is 22.5 Å². The molecule has 0 saturated carbocycles. The molecule has 182 valence electrons. The van der Waals surface area contributed by atoms with E-state index in [4.69, 9.17) is 0 Å². The van der Waals surface area contributed by atoms with Gasteiger partial charge in [-0.2, -0.15) is 13.2 Å². The number of nitrogens with zero attached hydrogens (tertiary/aromatic N) is 1. The van der Waals surface area contributed by atoms with Crippen molar-refractivity contribution in [2.75, 3.05) is 5.32 Å². The molecule has 3 aromatic carbocycles. The molecule has 4 rings (SSSR count). The fourth-order valence-corrected chi connectivity index (χ4v) is 3.67. The summed E-state index contributed by atoms with van der Waals surface area (Å²) in [5, 5.41) is 14.3. The summed E-state index contributed by atoms with van der Waals surface area (Å²) in [5.74, 6) is -0.744. The first kappa shape index (κ1) is 24.4. The lowest BCUT2D eigenvalue weighted by atomic mass is 10.0. The number of carbonyl (C=O) groups is 2. The summed E-state index contributed by atoms with van der Waals surface area (Å²) in [6.07, 6.45) is -4.51. The SMILES string of the molecule is CC(=O)c1ccc(NC(=O)c2cc(-c3ccc(C(F)(F)F)cc3)[nH]c2-c2ccccc2[N+](=O)[O-])cc1. The maximum absolute atomic E-state index is 13.2. The molecule has 4 aromatic rings. The number of nitro benzene ring substituents is 1. The number of amides is 1. The Morgan fingerprint density at radius 1 is 0.944 bits per heavy atom. The zero-order chi connectivity index (χ0) is 26.0. The van der Waals surface area contributed by atoms with Gasteiger partial charge in [0.1, 0.15) is 0 Å². The minimum atomic E-state index is -4.51. The van der Waals surface area contributed by atoms with Crippen molar-refractivity contribution in [3.8, 4) is 22.5 Å². The lowest BCUT2D eigenvalue weighted by Gasteiger charge is -2.08. The third kappa shape index (κ3) is 5.02. The molecule has 0 saturated heterocycles. The Morgan fingerprint density at radius 2 is 1.58 bits per heavy atom. The number of ketones is 1. The van der Waals surface area contributed by atoms with Crippen LogP contribution in [0.2, 0.25) is 0 Å². The Hall–Kier alpha value is -4.73. The summed E-state index contributed by atoms with van der Waals surface area (Å²) in [7, 11) is 0. The van der Waals surface area contributed by atoms with Crippen LogP contribution in [-0.2, 0) is 6.18 Å². The van der Waals surface area contributed by atoms with Gasteiger partial charge in [-0.1, -0.05) is 24.3 Å². The summed E-state index contributed by atoms with van der Waals surface area (Å²) in [5.41, 5.74) is 0.738. The van der Waals surface area contributed by atoms with Gasteiger partial charge in [-0.25, -0.2) is 0 Å². The third-order valence-electron chi connectivity index (χ3n) is 5.50. The van der Waals surface area contributed by atoms with Crippen molar-refractivity contribution < 1.29 is 27.7 Å². The average molecular weight is 493 g/mol. The molecule has 0 spiro atoms. The lowest BCUT2D eigenvalue weighted by Crippen LogP contribution is -2.12. The number of para-hydroxylation sites is 1. The number of H-pyrrole nitrogens is 1. The van der Waals surface area contributed by atoms with Crippen molar-refractivity contribution in [3.63, 3.8) is 0 Å². The van der Waals surface area contributed by atoms with Crippen LogP contribution in [0.4, 0.5) is 24.5 Å². The number of Topliss-reactive ketones (excluding diaryl/α,β-unsaturated/α-hetero) is 1. The van der Waals surface area contributed by atoms with Crippen molar-refractivity contribution in [1.29, 1.82) is 0 Å². The van der Waals surface area contributed by atoms with Crippen molar-refractivity contribution >= 4 is 23.1 Å². The molecule has 0 radical (unpaired) electrons. The van der Waals surface area contributed by atoms with Crippen LogP contribution in [0.3, 0.4) is 0 Å². The molecule has 0 aliphatic heterocycles. The standard InChI is InChI=1S/C26H18F3N3O4/c1-15(33)16-8-12-19(13-9-16)30-25(34)21-14-22(17-6-10-18(11-7-17)26(27,28)29)31-24(21)20-4-2-3-5-23(20)32(35)36/h2-14,31H,1H3,(H,30,34). The highest BCUT2D eigenvalue weighted by Gasteiger charge is 2.30. The number of benzene rings is 3. The molecule has 1 heterocycles. The maximum Gasteiger partial charge on any atom is 0.416 e. The molecule has 0 atom stereocenters. The molecule has 0 bridgehead atoms. The number of nitrogens with one attached hydrogen (secondary N) is 2. The summed E-state index contributed by atoms with van der Waals surface area (Å²) in [6, 6.07) is 17.8. The molecular formula is C26H18F3N3O4. The highest BCUT2D eigenvalue weighted by Crippen LogP contribution is 2.36. The number of hydrogen-bond acceptors (Lipinski definition) is 4. The molecule has 2 N–H and O–H groups in total. The Labute approximate surface area is 202 Å². The predicted molar refractivity (Wildman–Crippen MR) is 128 cm³/mol. The van der Waals surface area contributed by atoms with Gasteiger partial charge in [0.15, 0.2) is 5.78 Å². The van der Waals surface area contributed by atoms with Crippen LogP contribution in [0, 0.1) is 10.1 Å². The molecule has 1 aromatic heterocycles. The molecule has 1 amide bonds. The normalized spacial score (nSPS) is 11.2. The van der Waals surface area contributed by atoms with Gasteiger partial charge in [0.05, 0.1) is 27.3 Å². The number of rotatable bonds is 6. The zero-order valence-electron chi connectivity index (χ0n) is 18.7. The van der Waals surface area contributed by atoms with Gasteiger partial charge in [0.2, 0.25) is 0 Å². The second-order valence-corrected chi connectivity index (χ2v) is 7.91. The van der Waals surface area contributed by atoms with E-state index in [1.54, 1.807) is 30.3 Å². The largest absolute Gasteiger partial charge is 0.416 e. The van der Waals surface area contributed by atoms with E-state index >= 15 is 0 Å². The zero-order valence-corrected chi connectivity index (χ0v) is 18.7. The second-order valence-electron chi connectivity index (χ2n) is 7.91. The van der Waals surface area contributed by atoms with Gasteiger partial charge < -0.3 is 10.3 Å². The molecule has 7 nitrogen and oxygen atoms in total. The van der Waals surface area contributed by atoms with Crippen LogP contribution >= 0.6 is 0 Å². The molecule has 0 aliphatic rings. The van der Waals surface area contributed by atoms with Crippen LogP contribution in [0.25, 0.3) is 22.5 Å². The van der Waals surface area contributed by atoms with Crippen LogP contribution in [-0.4, -0.2) is 21.6 Å². The lowest BCUT2D eigenvalue weighted by molar-refractivity contribution is -0.384. The molecule has 10 heteroatoms. The first-order valence-corrected chi connectivity index (χ1v) is 10.6. The van der Waals surface area contributed by atoms with Gasteiger partial charge in [0, 0.05) is 23.0 Å². The third-order valence-corrected chi connectivity index (χ3v) is 5.50. The molecular weight excluding hydrogens is 475 g/mol. The van der Waals surface area contributed by atoms with Gasteiger partial charge in [0.25, 0.3) is 11.6 Å². The number of aromatic nitrogens is 1. The fraction of sp³-hybridized carbons (Fsp3) is 0.0769. The number of hydrogen-bond donors (Lipinski definition) is 2. The molecule has 36 heavy (non-hydrogen) atoms. The topological polar surface area (TPSA) is 105 Å². The predicted octanol–water partition coefficient (Wildman–Crippen LogP) is 6.73. The molecule has 0 unspecified atom stereocenters. The van der Waals surface area contributed by atoms with Crippen molar-refractivity contribution in [2.45, 2.75) is 13.1 Å². The minimum Gasteiger partial charge on any atom is -0.354 e. The monoisotopic (exact) mass is 493 g/mol. The van der Waals surface area contributed by atoms with Crippen molar-refractivity contribution in [1.82, 2.24) is 4.98 Å². The van der Waals surface area contributed by atoms with Gasteiger partial charge in [-0.3, -0.25) is 19.7 Å². The smallest absolute Gasteiger partial charge is 0.354 e. The summed E-state index contributed by atoms with van der Waals surface area (Å²) < 4.78 is 38.9. The second kappa shape index (κ2) is 9.49. The number of aromatic amines is 1. The highest BCUT2D eigenvalue weighted by atomic mass is 19.4. The Morgan fingerprint density at radius 3 is 2.17 bits per heavy atom. The van der Waals surface area contributed by atoms with Crippen LogP contribution < -0.4 is 5.32 Å². The number of carbonyl (C=O) groups excluding carboxylic acids is 2.